The second-order valence-electron chi connectivity index (χ2n) is 3.78. The summed E-state index contributed by atoms with van der Waals surface area (Å²) >= 11 is 0. The Balaban J connectivity index is 2.45. The van der Waals surface area contributed by atoms with Crippen molar-refractivity contribution in [2.75, 3.05) is 20.6 Å². The quantitative estimate of drug-likeness (QED) is 0.704. The zero-order valence-corrected chi connectivity index (χ0v) is 9.34. The van der Waals surface area contributed by atoms with Gasteiger partial charge in [0, 0.05) is 12.1 Å². The largest absolute Gasteiger partial charge is 0.468 e. The summed E-state index contributed by atoms with van der Waals surface area (Å²) in [4.78, 5) is 2.15. The SMILES string of the molecule is CCCNCc1occc1CN(C)C. The summed E-state index contributed by atoms with van der Waals surface area (Å²) < 4.78 is 5.42. The van der Waals surface area contributed by atoms with E-state index in [-0.39, 0.29) is 0 Å². The smallest absolute Gasteiger partial charge is 0.122 e. The van der Waals surface area contributed by atoms with Gasteiger partial charge in [0.25, 0.3) is 0 Å². The zero-order valence-electron chi connectivity index (χ0n) is 9.34. The van der Waals surface area contributed by atoms with Crippen molar-refractivity contribution in [3.63, 3.8) is 0 Å². The lowest BCUT2D eigenvalue weighted by atomic mass is 10.2. The Labute approximate surface area is 86.1 Å². The molecular formula is C11H20N2O. The normalized spacial score (nSPS) is 11.1. The first kappa shape index (κ1) is 11.3. The van der Waals surface area contributed by atoms with Crippen molar-refractivity contribution >= 4 is 0 Å². The summed E-state index contributed by atoms with van der Waals surface area (Å²) in [5, 5.41) is 3.34. The van der Waals surface area contributed by atoms with Crippen LogP contribution >= 0.6 is 0 Å². The van der Waals surface area contributed by atoms with E-state index < -0.39 is 0 Å². The van der Waals surface area contributed by atoms with E-state index >= 15 is 0 Å². The van der Waals surface area contributed by atoms with Crippen LogP contribution in [0.25, 0.3) is 0 Å². The minimum absolute atomic E-state index is 0.837. The third-order valence-corrected chi connectivity index (χ3v) is 2.04. The van der Waals surface area contributed by atoms with Crippen LogP contribution in [-0.4, -0.2) is 25.5 Å². The summed E-state index contributed by atoms with van der Waals surface area (Å²) in [5.41, 5.74) is 1.28. The lowest BCUT2D eigenvalue weighted by Crippen LogP contribution is -2.16. The van der Waals surface area contributed by atoms with E-state index in [1.54, 1.807) is 6.26 Å². The summed E-state index contributed by atoms with van der Waals surface area (Å²) in [6, 6.07) is 2.04. The van der Waals surface area contributed by atoms with Crippen molar-refractivity contribution in [1.29, 1.82) is 0 Å². The molecule has 0 fully saturated rings. The maximum atomic E-state index is 5.42. The molecule has 0 aromatic carbocycles. The van der Waals surface area contributed by atoms with Gasteiger partial charge in [-0.25, -0.2) is 0 Å². The molecule has 1 N–H and O–H groups in total. The average molecular weight is 196 g/mol. The Hall–Kier alpha value is -0.800. The number of hydrogen-bond donors (Lipinski definition) is 1. The third kappa shape index (κ3) is 3.52. The van der Waals surface area contributed by atoms with Crippen LogP contribution in [0.4, 0.5) is 0 Å². The van der Waals surface area contributed by atoms with Gasteiger partial charge < -0.3 is 14.6 Å². The first-order valence-electron chi connectivity index (χ1n) is 5.14. The first-order valence-corrected chi connectivity index (χ1v) is 5.14. The molecule has 0 aliphatic rings. The highest BCUT2D eigenvalue weighted by Gasteiger charge is 2.05. The lowest BCUT2D eigenvalue weighted by Gasteiger charge is -2.09. The van der Waals surface area contributed by atoms with Crippen molar-refractivity contribution in [2.24, 2.45) is 0 Å². The van der Waals surface area contributed by atoms with Crippen molar-refractivity contribution < 1.29 is 4.42 Å². The van der Waals surface area contributed by atoms with Gasteiger partial charge in [-0.2, -0.15) is 0 Å². The number of rotatable bonds is 6. The standard InChI is InChI=1S/C11H20N2O/c1-4-6-12-8-11-10(5-7-14-11)9-13(2)3/h5,7,12H,4,6,8-9H2,1-3H3. The summed E-state index contributed by atoms with van der Waals surface area (Å²) in [7, 11) is 4.13. The highest BCUT2D eigenvalue weighted by Crippen LogP contribution is 2.11. The third-order valence-electron chi connectivity index (χ3n) is 2.04. The molecule has 0 unspecified atom stereocenters. The molecule has 0 amide bonds. The number of hydrogen-bond acceptors (Lipinski definition) is 3. The molecule has 0 bridgehead atoms. The van der Waals surface area contributed by atoms with Crippen LogP contribution in [-0.2, 0) is 13.1 Å². The van der Waals surface area contributed by atoms with Crippen LogP contribution in [0.1, 0.15) is 24.7 Å². The van der Waals surface area contributed by atoms with Gasteiger partial charge in [-0.05, 0) is 33.1 Å². The summed E-state index contributed by atoms with van der Waals surface area (Å²) in [6.07, 6.45) is 2.92. The van der Waals surface area contributed by atoms with E-state index in [4.69, 9.17) is 4.42 Å². The molecule has 0 radical (unpaired) electrons. The van der Waals surface area contributed by atoms with E-state index in [0.29, 0.717) is 0 Å². The predicted octanol–water partition coefficient (Wildman–Crippen LogP) is 1.84. The monoisotopic (exact) mass is 196 g/mol. The number of furan rings is 1. The highest BCUT2D eigenvalue weighted by atomic mass is 16.3. The second-order valence-corrected chi connectivity index (χ2v) is 3.78. The molecule has 0 saturated heterocycles. The van der Waals surface area contributed by atoms with Crippen molar-refractivity contribution in [1.82, 2.24) is 10.2 Å². The lowest BCUT2D eigenvalue weighted by molar-refractivity contribution is 0.391. The Morgan fingerprint density at radius 2 is 2.21 bits per heavy atom. The molecule has 0 atom stereocenters. The molecule has 0 spiro atoms. The molecule has 0 aliphatic carbocycles. The van der Waals surface area contributed by atoms with Gasteiger partial charge in [0.2, 0.25) is 0 Å². The summed E-state index contributed by atoms with van der Waals surface area (Å²) in [6.45, 7) is 4.99. The van der Waals surface area contributed by atoms with Crippen molar-refractivity contribution in [3.05, 3.63) is 23.7 Å². The molecule has 1 heterocycles. The molecular weight excluding hydrogens is 176 g/mol. The van der Waals surface area contributed by atoms with Gasteiger partial charge in [-0.15, -0.1) is 0 Å². The topological polar surface area (TPSA) is 28.4 Å². The maximum Gasteiger partial charge on any atom is 0.122 e. The molecule has 14 heavy (non-hydrogen) atoms. The fourth-order valence-corrected chi connectivity index (χ4v) is 1.38. The molecule has 1 aromatic rings. The minimum atomic E-state index is 0.837. The summed E-state index contributed by atoms with van der Waals surface area (Å²) in [5.74, 6) is 1.06. The Bertz CT molecular complexity index is 256. The van der Waals surface area contributed by atoms with E-state index in [1.165, 1.54) is 5.56 Å². The van der Waals surface area contributed by atoms with E-state index in [0.717, 1.165) is 31.8 Å². The van der Waals surface area contributed by atoms with Crippen molar-refractivity contribution in [2.45, 2.75) is 26.4 Å². The second kappa shape index (κ2) is 5.83. The van der Waals surface area contributed by atoms with Crippen LogP contribution in [0.5, 0.6) is 0 Å². The average Bonchev–Trinajstić information content (AvgIpc) is 2.52. The van der Waals surface area contributed by atoms with Crippen molar-refractivity contribution in [3.8, 4) is 0 Å². The zero-order chi connectivity index (χ0) is 10.4. The van der Waals surface area contributed by atoms with Gasteiger partial charge in [0.1, 0.15) is 5.76 Å². The minimum Gasteiger partial charge on any atom is -0.468 e. The fraction of sp³-hybridized carbons (Fsp3) is 0.636. The molecule has 1 aromatic heterocycles. The Kier molecular flexibility index (Phi) is 4.70. The fourth-order valence-electron chi connectivity index (χ4n) is 1.38. The number of nitrogens with one attached hydrogen (secondary N) is 1. The van der Waals surface area contributed by atoms with Crippen LogP contribution in [0.3, 0.4) is 0 Å². The molecule has 3 nitrogen and oxygen atoms in total. The van der Waals surface area contributed by atoms with E-state index in [1.807, 2.05) is 6.07 Å². The van der Waals surface area contributed by atoms with Gasteiger partial charge >= 0.3 is 0 Å². The molecule has 80 valence electrons. The first-order chi connectivity index (χ1) is 6.74. The Morgan fingerprint density at radius 1 is 1.43 bits per heavy atom. The predicted molar refractivity (Wildman–Crippen MR) is 58.1 cm³/mol. The van der Waals surface area contributed by atoms with Gasteiger partial charge in [-0.3, -0.25) is 0 Å². The highest BCUT2D eigenvalue weighted by molar-refractivity contribution is 5.16. The molecule has 0 saturated carbocycles. The molecule has 0 aliphatic heterocycles. The van der Waals surface area contributed by atoms with Crippen LogP contribution < -0.4 is 5.32 Å². The van der Waals surface area contributed by atoms with Crippen LogP contribution in [0, 0.1) is 0 Å². The van der Waals surface area contributed by atoms with Gasteiger partial charge in [-0.1, -0.05) is 6.92 Å². The number of nitrogens with zero attached hydrogens (tertiary/aromatic N) is 1. The van der Waals surface area contributed by atoms with Gasteiger partial charge in [0.15, 0.2) is 0 Å². The molecule has 1 rings (SSSR count). The van der Waals surface area contributed by atoms with E-state index in [9.17, 15) is 0 Å². The maximum absolute atomic E-state index is 5.42. The van der Waals surface area contributed by atoms with Crippen LogP contribution in [0.2, 0.25) is 0 Å². The van der Waals surface area contributed by atoms with Crippen LogP contribution in [0.15, 0.2) is 16.7 Å². The van der Waals surface area contributed by atoms with E-state index in [2.05, 4.69) is 31.2 Å². The van der Waals surface area contributed by atoms with Gasteiger partial charge in [0.05, 0.1) is 12.8 Å². The Morgan fingerprint density at radius 3 is 2.86 bits per heavy atom. The molecule has 3 heteroatoms.